The molecule has 1 aliphatic rings. The van der Waals surface area contributed by atoms with E-state index in [1.807, 2.05) is 30.3 Å². The molecule has 1 saturated heterocycles. The smallest absolute Gasteiger partial charge is 0.229 e. The topological polar surface area (TPSA) is 69.0 Å². The van der Waals surface area contributed by atoms with Gasteiger partial charge in [0.2, 0.25) is 5.91 Å². The molecular weight excluding hydrogens is 379 g/mol. The lowest BCUT2D eigenvalue weighted by Gasteiger charge is -2.32. The maximum absolute atomic E-state index is 13.2. The lowest BCUT2D eigenvalue weighted by Crippen LogP contribution is -2.41. The van der Waals surface area contributed by atoms with Crippen molar-refractivity contribution < 1.29 is 9.18 Å². The number of pyridine rings is 1. The second-order valence-corrected chi connectivity index (χ2v) is 7.38. The molecule has 1 fully saturated rings. The number of hydrogen-bond acceptors (Lipinski definition) is 4. The molecule has 2 heterocycles. The first-order valence-corrected chi connectivity index (χ1v) is 9.90. The number of amides is 1. The van der Waals surface area contributed by atoms with E-state index in [2.05, 4.69) is 21.3 Å². The van der Waals surface area contributed by atoms with Crippen molar-refractivity contribution in [3.05, 3.63) is 78.2 Å². The van der Waals surface area contributed by atoms with Gasteiger partial charge in [-0.2, -0.15) is 5.26 Å². The molecule has 0 bridgehead atoms. The number of nitrogens with one attached hydrogen (secondary N) is 1. The molecule has 30 heavy (non-hydrogen) atoms. The summed E-state index contributed by atoms with van der Waals surface area (Å²) in [5.74, 6) is 0.335. The standard InChI is InChI=1S/C24H21FN4O/c25-21-9-7-18(8-10-21)19-3-1-5-22(13-19)28-24(30)20-4-2-12-29(16-20)23-11-6-17(14-26)15-27-23/h1,3,5-11,13,15,20H,2,4,12,16H2,(H,28,30). The summed E-state index contributed by atoms with van der Waals surface area (Å²) < 4.78 is 13.2. The lowest BCUT2D eigenvalue weighted by atomic mass is 9.96. The van der Waals surface area contributed by atoms with Crippen molar-refractivity contribution in [2.45, 2.75) is 12.8 Å². The number of nitrogens with zero attached hydrogens (tertiary/aromatic N) is 3. The highest BCUT2D eigenvalue weighted by atomic mass is 19.1. The predicted molar refractivity (Wildman–Crippen MR) is 114 cm³/mol. The van der Waals surface area contributed by atoms with Crippen molar-refractivity contribution in [3.63, 3.8) is 0 Å². The largest absolute Gasteiger partial charge is 0.356 e. The fourth-order valence-corrected chi connectivity index (χ4v) is 3.70. The van der Waals surface area contributed by atoms with Crippen molar-refractivity contribution in [1.82, 2.24) is 4.98 Å². The van der Waals surface area contributed by atoms with Crippen molar-refractivity contribution in [1.29, 1.82) is 5.26 Å². The van der Waals surface area contributed by atoms with E-state index in [0.717, 1.165) is 42.0 Å². The van der Waals surface area contributed by atoms with Crippen LogP contribution in [0.4, 0.5) is 15.9 Å². The van der Waals surface area contributed by atoms with Crippen LogP contribution in [0.1, 0.15) is 18.4 Å². The fourth-order valence-electron chi connectivity index (χ4n) is 3.70. The molecule has 3 aromatic rings. The molecule has 1 aromatic heterocycles. The van der Waals surface area contributed by atoms with E-state index in [0.29, 0.717) is 12.1 Å². The molecule has 1 amide bonds. The first-order chi connectivity index (χ1) is 14.6. The number of carbonyl (C=O) groups excluding carboxylic acids is 1. The van der Waals surface area contributed by atoms with Crippen LogP contribution in [-0.4, -0.2) is 24.0 Å². The van der Waals surface area contributed by atoms with E-state index in [9.17, 15) is 9.18 Å². The van der Waals surface area contributed by atoms with Crippen LogP contribution in [0.15, 0.2) is 66.9 Å². The van der Waals surface area contributed by atoms with Gasteiger partial charge < -0.3 is 10.2 Å². The second-order valence-electron chi connectivity index (χ2n) is 7.38. The normalized spacial score (nSPS) is 16.0. The van der Waals surface area contributed by atoms with E-state index in [1.54, 1.807) is 24.4 Å². The third-order valence-corrected chi connectivity index (χ3v) is 5.30. The van der Waals surface area contributed by atoms with Gasteiger partial charge in [0.25, 0.3) is 0 Å². The molecule has 4 rings (SSSR count). The number of rotatable bonds is 4. The first kappa shape index (κ1) is 19.6. The third-order valence-electron chi connectivity index (χ3n) is 5.30. The highest BCUT2D eigenvalue weighted by Crippen LogP contribution is 2.25. The molecule has 1 N–H and O–H groups in total. The Kier molecular flexibility index (Phi) is 5.71. The van der Waals surface area contributed by atoms with E-state index in [1.165, 1.54) is 12.1 Å². The predicted octanol–water partition coefficient (Wildman–Crippen LogP) is 4.61. The van der Waals surface area contributed by atoms with Gasteiger partial charge in [-0.1, -0.05) is 24.3 Å². The summed E-state index contributed by atoms with van der Waals surface area (Å²) in [6.45, 7) is 1.42. The van der Waals surface area contributed by atoms with Crippen LogP contribution < -0.4 is 10.2 Å². The van der Waals surface area contributed by atoms with Crippen molar-refractivity contribution in [2.24, 2.45) is 5.92 Å². The van der Waals surface area contributed by atoms with Crippen LogP contribution in [0.25, 0.3) is 11.1 Å². The number of anilines is 2. The summed E-state index contributed by atoms with van der Waals surface area (Å²) in [5, 5.41) is 11.9. The highest BCUT2D eigenvalue weighted by Gasteiger charge is 2.26. The van der Waals surface area contributed by atoms with Gasteiger partial charge in [-0.05, 0) is 60.4 Å². The van der Waals surface area contributed by atoms with Gasteiger partial charge in [0.1, 0.15) is 17.7 Å². The van der Waals surface area contributed by atoms with Crippen LogP contribution in [0.2, 0.25) is 0 Å². The van der Waals surface area contributed by atoms with E-state index in [4.69, 9.17) is 5.26 Å². The molecular formula is C24H21FN4O. The van der Waals surface area contributed by atoms with Gasteiger partial charge in [-0.15, -0.1) is 0 Å². The molecule has 5 nitrogen and oxygen atoms in total. The monoisotopic (exact) mass is 400 g/mol. The summed E-state index contributed by atoms with van der Waals surface area (Å²) in [6, 6.07) is 19.5. The van der Waals surface area contributed by atoms with Gasteiger partial charge in [0.15, 0.2) is 0 Å². The van der Waals surface area contributed by atoms with Gasteiger partial charge in [0, 0.05) is 25.0 Å². The maximum atomic E-state index is 13.2. The second kappa shape index (κ2) is 8.75. The molecule has 0 aliphatic carbocycles. The minimum atomic E-state index is -0.276. The lowest BCUT2D eigenvalue weighted by molar-refractivity contribution is -0.120. The zero-order chi connectivity index (χ0) is 20.9. The summed E-state index contributed by atoms with van der Waals surface area (Å²) in [6.07, 6.45) is 3.27. The third kappa shape index (κ3) is 4.47. The van der Waals surface area contributed by atoms with E-state index >= 15 is 0 Å². The molecule has 0 spiro atoms. The molecule has 1 unspecified atom stereocenters. The van der Waals surface area contributed by atoms with Gasteiger partial charge in [-0.3, -0.25) is 4.79 Å². The summed E-state index contributed by atoms with van der Waals surface area (Å²) in [5.41, 5.74) is 3.05. The number of benzene rings is 2. The summed E-state index contributed by atoms with van der Waals surface area (Å²) in [4.78, 5) is 19.3. The Balaban J connectivity index is 1.43. The Morgan fingerprint density at radius 2 is 1.97 bits per heavy atom. The summed E-state index contributed by atoms with van der Waals surface area (Å²) >= 11 is 0. The zero-order valence-corrected chi connectivity index (χ0v) is 16.4. The summed E-state index contributed by atoms with van der Waals surface area (Å²) in [7, 11) is 0. The molecule has 1 aliphatic heterocycles. The molecule has 6 heteroatoms. The fraction of sp³-hybridized carbons (Fsp3) is 0.208. The maximum Gasteiger partial charge on any atom is 0.229 e. The number of halogens is 1. The van der Waals surface area contributed by atoms with Crippen LogP contribution in [0.5, 0.6) is 0 Å². The van der Waals surface area contributed by atoms with Gasteiger partial charge >= 0.3 is 0 Å². The highest BCUT2D eigenvalue weighted by molar-refractivity contribution is 5.93. The van der Waals surface area contributed by atoms with Gasteiger partial charge in [0.05, 0.1) is 11.5 Å². The number of piperidine rings is 1. The Hall–Kier alpha value is -3.72. The average Bonchev–Trinajstić information content (AvgIpc) is 2.80. The van der Waals surface area contributed by atoms with E-state index in [-0.39, 0.29) is 17.6 Å². The number of hydrogen-bond donors (Lipinski definition) is 1. The quantitative estimate of drug-likeness (QED) is 0.694. The van der Waals surface area contributed by atoms with Crippen molar-refractivity contribution in [2.75, 3.05) is 23.3 Å². The Labute approximate surface area is 174 Å². The Morgan fingerprint density at radius 1 is 1.13 bits per heavy atom. The molecule has 2 aromatic carbocycles. The molecule has 0 radical (unpaired) electrons. The zero-order valence-electron chi connectivity index (χ0n) is 16.4. The molecule has 150 valence electrons. The minimum Gasteiger partial charge on any atom is -0.356 e. The van der Waals surface area contributed by atoms with Crippen LogP contribution in [0, 0.1) is 23.1 Å². The number of carbonyl (C=O) groups is 1. The Morgan fingerprint density at radius 3 is 2.70 bits per heavy atom. The minimum absolute atomic E-state index is 0.0235. The average molecular weight is 400 g/mol. The molecule has 0 saturated carbocycles. The van der Waals surface area contributed by atoms with Gasteiger partial charge in [-0.25, -0.2) is 9.37 Å². The van der Waals surface area contributed by atoms with Crippen LogP contribution in [0.3, 0.4) is 0 Å². The molecule has 1 atom stereocenters. The number of aromatic nitrogens is 1. The Bertz CT molecular complexity index is 1070. The van der Waals surface area contributed by atoms with Crippen molar-refractivity contribution in [3.8, 4) is 17.2 Å². The SMILES string of the molecule is N#Cc1ccc(N2CCCC(C(=O)Nc3cccc(-c4ccc(F)cc4)c3)C2)nc1. The van der Waals surface area contributed by atoms with E-state index < -0.39 is 0 Å². The first-order valence-electron chi connectivity index (χ1n) is 9.90. The number of nitriles is 1. The van der Waals surface area contributed by atoms with Crippen molar-refractivity contribution >= 4 is 17.4 Å². The van der Waals surface area contributed by atoms with Crippen LogP contribution in [-0.2, 0) is 4.79 Å². The van der Waals surface area contributed by atoms with Crippen LogP contribution >= 0.6 is 0 Å².